The molecule has 0 aliphatic rings. The van der Waals surface area contributed by atoms with E-state index in [4.69, 9.17) is 21.3 Å². The summed E-state index contributed by atoms with van der Waals surface area (Å²) in [6.45, 7) is 0.545. The third kappa shape index (κ3) is 6.71. The predicted octanol–water partition coefficient (Wildman–Crippen LogP) is 5.78. The Hall–Kier alpha value is -4.32. The van der Waals surface area contributed by atoms with Gasteiger partial charge in [-0.05, 0) is 42.8 Å². The van der Waals surface area contributed by atoms with Crippen molar-refractivity contribution in [2.24, 2.45) is 0 Å². The highest BCUT2D eigenvalue weighted by molar-refractivity contribution is 7.89. The molecule has 3 aromatic carbocycles. The van der Waals surface area contributed by atoms with E-state index in [1.54, 1.807) is 25.4 Å². The number of nitrogens with one attached hydrogen (secondary N) is 3. The van der Waals surface area contributed by atoms with E-state index in [0.29, 0.717) is 52.6 Å². The molecule has 0 unspecified atom stereocenters. The molecule has 41 heavy (non-hydrogen) atoms. The summed E-state index contributed by atoms with van der Waals surface area (Å²) in [4.78, 5) is 17.1. The normalized spacial score (nSPS) is 11.4. The van der Waals surface area contributed by atoms with E-state index in [2.05, 4.69) is 25.0 Å². The van der Waals surface area contributed by atoms with Gasteiger partial charge in [0.05, 0.1) is 34.1 Å². The lowest BCUT2D eigenvalue weighted by atomic mass is 10.1. The topological polar surface area (TPSA) is 122 Å². The van der Waals surface area contributed by atoms with E-state index in [0.717, 1.165) is 17.2 Å². The Morgan fingerprint density at radius 1 is 0.951 bits per heavy atom. The highest BCUT2D eigenvalue weighted by Gasteiger charge is 2.18. The zero-order valence-electron chi connectivity index (χ0n) is 21.9. The number of aromatic amines is 1. The monoisotopic (exact) mass is 592 g/mol. The fourth-order valence-electron chi connectivity index (χ4n) is 4.10. The molecule has 9 nitrogen and oxygen atoms in total. The molecule has 12 heteroatoms. The smallest absolute Gasteiger partial charge is 0.240 e. The number of methoxy groups -OCH3 is 1. The lowest BCUT2D eigenvalue weighted by Crippen LogP contribution is -2.26. The Morgan fingerprint density at radius 3 is 2.56 bits per heavy atom. The number of rotatable bonds is 11. The molecule has 0 aliphatic heterocycles. The van der Waals surface area contributed by atoms with E-state index in [1.165, 1.54) is 18.2 Å². The minimum absolute atomic E-state index is 0.120. The molecule has 2 heterocycles. The molecule has 5 rings (SSSR count). The summed E-state index contributed by atoms with van der Waals surface area (Å²) < 4.78 is 46.1. The second-order valence-corrected chi connectivity index (χ2v) is 11.1. The van der Waals surface area contributed by atoms with Crippen molar-refractivity contribution < 1.29 is 17.5 Å². The zero-order chi connectivity index (χ0) is 28.8. The first-order chi connectivity index (χ1) is 19.8. The molecule has 2 aromatic heterocycles. The maximum Gasteiger partial charge on any atom is 0.240 e. The van der Waals surface area contributed by atoms with Crippen molar-refractivity contribution >= 4 is 27.6 Å². The van der Waals surface area contributed by atoms with Gasteiger partial charge in [0.2, 0.25) is 16.0 Å². The van der Waals surface area contributed by atoms with Gasteiger partial charge in [0.25, 0.3) is 0 Å². The molecule has 0 saturated heterocycles. The minimum Gasteiger partial charge on any atom is -0.495 e. The molecule has 0 amide bonds. The molecule has 0 atom stereocenters. The highest BCUT2D eigenvalue weighted by atomic mass is 35.5. The Kier molecular flexibility index (Phi) is 8.58. The van der Waals surface area contributed by atoms with Gasteiger partial charge in [-0.1, -0.05) is 54.1 Å². The van der Waals surface area contributed by atoms with Crippen LogP contribution in [-0.2, 0) is 10.0 Å². The van der Waals surface area contributed by atoms with Crippen molar-refractivity contribution in [2.75, 3.05) is 25.5 Å². The van der Waals surface area contributed by atoms with Gasteiger partial charge in [0, 0.05) is 30.4 Å². The van der Waals surface area contributed by atoms with E-state index in [9.17, 15) is 12.8 Å². The van der Waals surface area contributed by atoms with Crippen LogP contribution >= 0.6 is 11.6 Å². The number of benzene rings is 3. The Morgan fingerprint density at radius 2 is 1.78 bits per heavy atom. The molecule has 0 radical (unpaired) electrons. The Bertz CT molecular complexity index is 1770. The number of nitrogens with zero attached hydrogens (tertiary/aromatic N) is 3. The van der Waals surface area contributed by atoms with E-state index < -0.39 is 15.8 Å². The van der Waals surface area contributed by atoms with Crippen molar-refractivity contribution in [3.05, 3.63) is 95.9 Å². The number of H-pyrrole nitrogens is 1. The summed E-state index contributed by atoms with van der Waals surface area (Å²) in [7, 11) is -2.25. The summed E-state index contributed by atoms with van der Waals surface area (Å²) in [6.07, 6.45) is 2.08. The number of imidazole rings is 1. The first kappa shape index (κ1) is 28.2. The largest absolute Gasteiger partial charge is 0.495 e. The van der Waals surface area contributed by atoms with E-state index in [1.807, 2.05) is 42.5 Å². The second-order valence-electron chi connectivity index (χ2n) is 8.93. The maximum atomic E-state index is 13.4. The van der Waals surface area contributed by atoms with E-state index >= 15 is 0 Å². The van der Waals surface area contributed by atoms with Crippen LogP contribution < -0.4 is 14.8 Å². The molecule has 5 aromatic rings. The van der Waals surface area contributed by atoms with Crippen molar-refractivity contribution in [2.45, 2.75) is 11.3 Å². The van der Waals surface area contributed by atoms with Crippen molar-refractivity contribution in [1.82, 2.24) is 24.7 Å². The third-order valence-corrected chi connectivity index (χ3v) is 7.89. The molecule has 3 N–H and O–H groups in total. The standard InChI is InChI=1S/C29H26ClFN6O3S/c1-40-25-17-20(11-12-23(25)30)26-27(37-28(36-26)19-7-3-2-4-8-19)24-13-16-33-29(35-24)32-14-6-15-34-41(38,39)22-10-5-9-21(31)18-22/h2-5,7-13,16-18,34H,6,14-15H2,1H3,(H,36,37)(H,32,33,35). The first-order valence-corrected chi connectivity index (χ1v) is 14.5. The van der Waals surface area contributed by atoms with Gasteiger partial charge in [0.15, 0.2) is 0 Å². The molecule has 210 valence electrons. The summed E-state index contributed by atoms with van der Waals surface area (Å²) >= 11 is 6.26. The Balaban J connectivity index is 1.33. The summed E-state index contributed by atoms with van der Waals surface area (Å²) in [5, 5.41) is 3.61. The Labute approximate surface area is 241 Å². The SMILES string of the molecule is COc1cc(-c2nc(-c3ccccc3)[nH]c2-c2ccnc(NCCCNS(=O)(=O)c3cccc(F)c3)n2)ccc1Cl. The lowest BCUT2D eigenvalue weighted by Gasteiger charge is -2.09. The van der Waals surface area contributed by atoms with Crippen LogP contribution in [0.4, 0.5) is 10.3 Å². The molecule has 0 spiro atoms. The van der Waals surface area contributed by atoms with Gasteiger partial charge in [-0.15, -0.1) is 0 Å². The number of aromatic nitrogens is 4. The van der Waals surface area contributed by atoms with Gasteiger partial charge in [-0.2, -0.15) is 0 Å². The van der Waals surface area contributed by atoms with Crippen molar-refractivity contribution in [1.29, 1.82) is 0 Å². The van der Waals surface area contributed by atoms with Gasteiger partial charge in [-0.3, -0.25) is 0 Å². The molecular formula is C29H26ClFN6O3S. The number of ether oxygens (including phenoxy) is 1. The quantitative estimate of drug-likeness (QED) is 0.166. The zero-order valence-corrected chi connectivity index (χ0v) is 23.5. The van der Waals surface area contributed by atoms with Gasteiger partial charge in [0.1, 0.15) is 17.4 Å². The fraction of sp³-hybridized carbons (Fsp3) is 0.138. The summed E-state index contributed by atoms with van der Waals surface area (Å²) in [6, 6.07) is 21.8. The molecule has 0 aliphatic carbocycles. The maximum absolute atomic E-state index is 13.4. The van der Waals surface area contributed by atoms with Crippen molar-refractivity contribution in [3.8, 4) is 39.8 Å². The number of anilines is 1. The van der Waals surface area contributed by atoms with Gasteiger partial charge < -0.3 is 15.0 Å². The number of hydrogen-bond acceptors (Lipinski definition) is 7. The van der Waals surface area contributed by atoms with Crippen molar-refractivity contribution in [3.63, 3.8) is 0 Å². The van der Waals surface area contributed by atoms with Crippen LogP contribution in [0.2, 0.25) is 5.02 Å². The summed E-state index contributed by atoms with van der Waals surface area (Å²) in [5.74, 6) is 0.949. The highest BCUT2D eigenvalue weighted by Crippen LogP contribution is 2.36. The van der Waals surface area contributed by atoms with Gasteiger partial charge >= 0.3 is 0 Å². The lowest BCUT2D eigenvalue weighted by molar-refractivity contribution is 0.415. The van der Waals surface area contributed by atoms with Crippen LogP contribution in [0.1, 0.15) is 6.42 Å². The predicted molar refractivity (Wildman–Crippen MR) is 157 cm³/mol. The van der Waals surface area contributed by atoms with Gasteiger partial charge in [-0.25, -0.2) is 32.5 Å². The van der Waals surface area contributed by atoms with Crippen LogP contribution in [0.15, 0.2) is 90.0 Å². The average Bonchev–Trinajstić information content (AvgIpc) is 3.44. The third-order valence-electron chi connectivity index (χ3n) is 6.12. The first-order valence-electron chi connectivity index (χ1n) is 12.7. The number of sulfonamides is 1. The van der Waals surface area contributed by atoms with Crippen LogP contribution in [0.3, 0.4) is 0 Å². The molecule has 0 bridgehead atoms. The molecular weight excluding hydrogens is 567 g/mol. The van der Waals surface area contributed by atoms with Crippen LogP contribution in [-0.4, -0.2) is 48.6 Å². The number of halogens is 2. The number of hydrogen-bond donors (Lipinski definition) is 3. The van der Waals surface area contributed by atoms with Crippen LogP contribution in [0.25, 0.3) is 34.0 Å². The minimum atomic E-state index is -3.81. The molecule has 0 saturated carbocycles. The second kappa shape index (κ2) is 12.5. The average molecular weight is 593 g/mol. The summed E-state index contributed by atoms with van der Waals surface area (Å²) in [5.41, 5.74) is 3.65. The fourth-order valence-corrected chi connectivity index (χ4v) is 5.40. The van der Waals surface area contributed by atoms with E-state index in [-0.39, 0.29) is 11.4 Å². The van der Waals surface area contributed by atoms with Crippen LogP contribution in [0, 0.1) is 5.82 Å². The molecule has 0 fully saturated rings. The van der Waals surface area contributed by atoms with Crippen LogP contribution in [0.5, 0.6) is 5.75 Å².